The van der Waals surface area contributed by atoms with Gasteiger partial charge >= 0.3 is 0 Å². The first-order valence-corrected chi connectivity index (χ1v) is 9.00. The molecule has 4 rings (SSSR count). The highest BCUT2D eigenvalue weighted by atomic mass is 15.4. The highest BCUT2D eigenvalue weighted by Crippen LogP contribution is 2.33. The van der Waals surface area contributed by atoms with Crippen molar-refractivity contribution in [2.75, 3.05) is 19.8 Å². The van der Waals surface area contributed by atoms with E-state index in [2.05, 4.69) is 70.5 Å². The van der Waals surface area contributed by atoms with Crippen LogP contribution in [0.5, 0.6) is 0 Å². The Morgan fingerprint density at radius 1 is 0.739 bits per heavy atom. The fourth-order valence-electron chi connectivity index (χ4n) is 4.29. The van der Waals surface area contributed by atoms with E-state index < -0.39 is 0 Å². The number of rotatable bonds is 3. The maximum atomic E-state index is 2.71. The molecular formula is C21H26N2. The van der Waals surface area contributed by atoms with E-state index in [0.29, 0.717) is 6.04 Å². The van der Waals surface area contributed by atoms with Gasteiger partial charge in [-0.25, -0.2) is 0 Å². The SMILES string of the molecule is c1ccc(C(c2ccccc2)N2CC[C@@H]3CCCCN3C2)cc1. The fraction of sp³-hybridized carbons (Fsp3) is 0.429. The molecule has 2 saturated heterocycles. The van der Waals surface area contributed by atoms with Crippen molar-refractivity contribution in [1.82, 2.24) is 9.80 Å². The smallest absolute Gasteiger partial charge is 0.0613 e. The number of piperidine rings is 1. The van der Waals surface area contributed by atoms with Crippen LogP contribution < -0.4 is 0 Å². The molecule has 2 fully saturated rings. The van der Waals surface area contributed by atoms with Gasteiger partial charge in [-0.3, -0.25) is 9.80 Å². The summed E-state index contributed by atoms with van der Waals surface area (Å²) in [5.41, 5.74) is 2.82. The monoisotopic (exact) mass is 306 g/mol. The van der Waals surface area contributed by atoms with Crippen LogP contribution in [0.25, 0.3) is 0 Å². The van der Waals surface area contributed by atoms with Crippen molar-refractivity contribution in [2.24, 2.45) is 0 Å². The average Bonchev–Trinajstić information content (AvgIpc) is 2.64. The molecule has 2 aromatic carbocycles. The van der Waals surface area contributed by atoms with Crippen LogP contribution in [0.2, 0.25) is 0 Å². The summed E-state index contributed by atoms with van der Waals surface area (Å²) in [7, 11) is 0. The second kappa shape index (κ2) is 6.86. The van der Waals surface area contributed by atoms with Crippen LogP contribution >= 0.6 is 0 Å². The highest BCUT2D eigenvalue weighted by Gasteiger charge is 2.32. The van der Waals surface area contributed by atoms with Gasteiger partial charge in [0.1, 0.15) is 0 Å². The summed E-state index contributed by atoms with van der Waals surface area (Å²) >= 11 is 0. The minimum absolute atomic E-state index is 0.375. The Kier molecular flexibility index (Phi) is 4.45. The van der Waals surface area contributed by atoms with Crippen molar-refractivity contribution in [3.05, 3.63) is 71.8 Å². The van der Waals surface area contributed by atoms with Crippen molar-refractivity contribution in [3.8, 4) is 0 Å². The Bertz CT molecular complexity index is 571. The van der Waals surface area contributed by atoms with Crippen LogP contribution in [0, 0.1) is 0 Å². The molecule has 0 bridgehead atoms. The molecule has 2 heterocycles. The van der Waals surface area contributed by atoms with Gasteiger partial charge in [-0.05, 0) is 36.9 Å². The largest absolute Gasteiger partial charge is 0.287 e. The summed E-state index contributed by atoms with van der Waals surface area (Å²) in [6.45, 7) is 3.59. The van der Waals surface area contributed by atoms with Crippen LogP contribution in [-0.4, -0.2) is 35.6 Å². The third-order valence-corrected chi connectivity index (χ3v) is 5.46. The Morgan fingerprint density at radius 3 is 2.04 bits per heavy atom. The lowest BCUT2D eigenvalue weighted by Crippen LogP contribution is -2.53. The normalized spacial score (nSPS) is 22.9. The van der Waals surface area contributed by atoms with Gasteiger partial charge in [0, 0.05) is 12.6 Å². The van der Waals surface area contributed by atoms with Crippen LogP contribution in [0.3, 0.4) is 0 Å². The number of benzene rings is 2. The van der Waals surface area contributed by atoms with E-state index in [1.54, 1.807) is 0 Å². The topological polar surface area (TPSA) is 6.48 Å². The van der Waals surface area contributed by atoms with Crippen molar-refractivity contribution in [2.45, 2.75) is 37.8 Å². The van der Waals surface area contributed by atoms with Gasteiger partial charge < -0.3 is 0 Å². The van der Waals surface area contributed by atoms with Crippen LogP contribution in [0.4, 0.5) is 0 Å². The molecule has 0 aromatic heterocycles. The zero-order valence-electron chi connectivity index (χ0n) is 13.8. The van der Waals surface area contributed by atoms with E-state index in [0.717, 1.165) is 12.7 Å². The van der Waals surface area contributed by atoms with Crippen molar-refractivity contribution < 1.29 is 0 Å². The standard InChI is InChI=1S/C21H26N2/c1-3-9-18(10-4-1)21(19-11-5-2-6-12-19)23-16-14-20-13-7-8-15-22(20)17-23/h1-6,9-12,20-21H,7-8,13-17H2/t20-/m0/s1. The van der Waals surface area contributed by atoms with Gasteiger partial charge in [-0.2, -0.15) is 0 Å². The third-order valence-electron chi connectivity index (χ3n) is 5.46. The maximum absolute atomic E-state index is 2.71. The van der Waals surface area contributed by atoms with E-state index in [1.165, 1.54) is 49.9 Å². The Morgan fingerprint density at radius 2 is 1.39 bits per heavy atom. The second-order valence-corrected chi connectivity index (χ2v) is 6.93. The molecule has 2 aliphatic rings. The van der Waals surface area contributed by atoms with Gasteiger partial charge in [0.25, 0.3) is 0 Å². The fourth-order valence-corrected chi connectivity index (χ4v) is 4.29. The second-order valence-electron chi connectivity index (χ2n) is 6.93. The molecule has 0 spiro atoms. The van der Waals surface area contributed by atoms with E-state index in [1.807, 2.05) is 0 Å². The summed E-state index contributed by atoms with van der Waals surface area (Å²) in [5, 5.41) is 0. The van der Waals surface area contributed by atoms with Gasteiger partial charge in [0.05, 0.1) is 12.7 Å². The molecule has 0 saturated carbocycles. The Hall–Kier alpha value is -1.64. The summed E-state index contributed by atoms with van der Waals surface area (Å²) < 4.78 is 0. The average molecular weight is 306 g/mol. The number of fused-ring (bicyclic) bond motifs is 1. The van der Waals surface area contributed by atoms with Crippen molar-refractivity contribution >= 4 is 0 Å². The summed E-state index contributed by atoms with van der Waals surface area (Å²) in [5.74, 6) is 0. The molecule has 0 radical (unpaired) electrons. The minimum atomic E-state index is 0.375. The van der Waals surface area contributed by atoms with Crippen molar-refractivity contribution in [1.29, 1.82) is 0 Å². The molecule has 2 nitrogen and oxygen atoms in total. The van der Waals surface area contributed by atoms with E-state index in [4.69, 9.17) is 0 Å². The molecule has 120 valence electrons. The van der Waals surface area contributed by atoms with Gasteiger partial charge in [0.2, 0.25) is 0 Å². The summed E-state index contributed by atoms with van der Waals surface area (Å²) in [6.07, 6.45) is 5.50. The zero-order chi connectivity index (χ0) is 15.5. The molecule has 0 amide bonds. The first-order chi connectivity index (χ1) is 11.4. The molecular weight excluding hydrogens is 280 g/mol. The van der Waals surface area contributed by atoms with Gasteiger partial charge in [0.15, 0.2) is 0 Å². The first kappa shape index (κ1) is 14.9. The minimum Gasteiger partial charge on any atom is -0.287 e. The Labute approximate surface area is 139 Å². The van der Waals surface area contributed by atoms with E-state index >= 15 is 0 Å². The molecule has 2 heteroatoms. The predicted octanol–water partition coefficient (Wildman–Crippen LogP) is 4.29. The number of nitrogens with zero attached hydrogens (tertiary/aromatic N) is 2. The maximum Gasteiger partial charge on any atom is 0.0613 e. The number of hydrogen-bond acceptors (Lipinski definition) is 2. The van der Waals surface area contributed by atoms with E-state index in [-0.39, 0.29) is 0 Å². The van der Waals surface area contributed by atoms with Crippen LogP contribution in [-0.2, 0) is 0 Å². The molecule has 0 unspecified atom stereocenters. The predicted molar refractivity (Wildman–Crippen MR) is 95.3 cm³/mol. The van der Waals surface area contributed by atoms with Crippen molar-refractivity contribution in [3.63, 3.8) is 0 Å². The Balaban J connectivity index is 1.63. The molecule has 1 atom stereocenters. The number of hydrogen-bond donors (Lipinski definition) is 0. The molecule has 2 aliphatic heterocycles. The van der Waals surface area contributed by atoms with E-state index in [9.17, 15) is 0 Å². The van der Waals surface area contributed by atoms with Crippen LogP contribution in [0.15, 0.2) is 60.7 Å². The molecule has 0 N–H and O–H groups in total. The third kappa shape index (κ3) is 3.19. The lowest BCUT2D eigenvalue weighted by atomic mass is 9.93. The highest BCUT2D eigenvalue weighted by molar-refractivity contribution is 5.31. The first-order valence-electron chi connectivity index (χ1n) is 9.00. The molecule has 2 aromatic rings. The summed E-state index contributed by atoms with van der Waals surface area (Å²) in [6, 6.07) is 23.2. The zero-order valence-corrected chi connectivity index (χ0v) is 13.8. The lowest BCUT2D eigenvalue weighted by Gasteiger charge is -2.47. The quantitative estimate of drug-likeness (QED) is 0.834. The van der Waals surface area contributed by atoms with Gasteiger partial charge in [-0.1, -0.05) is 67.1 Å². The van der Waals surface area contributed by atoms with Crippen LogP contribution in [0.1, 0.15) is 42.9 Å². The lowest BCUT2D eigenvalue weighted by molar-refractivity contribution is 0.00238. The molecule has 0 aliphatic carbocycles. The van der Waals surface area contributed by atoms with Gasteiger partial charge in [-0.15, -0.1) is 0 Å². The summed E-state index contributed by atoms with van der Waals surface area (Å²) in [4.78, 5) is 5.39. The molecule has 23 heavy (non-hydrogen) atoms.